The number of halogens is 3. The van der Waals surface area contributed by atoms with Gasteiger partial charge in [-0.25, -0.2) is 8.78 Å². The van der Waals surface area contributed by atoms with Crippen LogP contribution in [0.3, 0.4) is 0 Å². The summed E-state index contributed by atoms with van der Waals surface area (Å²) in [5.74, 6) is 0. The van der Waals surface area contributed by atoms with E-state index in [1.807, 2.05) is 0 Å². The molecule has 68 valence electrons. The molecule has 1 fully saturated rings. The van der Waals surface area contributed by atoms with Crippen LogP contribution in [-0.2, 0) is 4.84 Å². The molecule has 0 spiro atoms. The molecule has 11 heavy (non-hydrogen) atoms. The Kier molecular flexibility index (Phi) is 5.72. The van der Waals surface area contributed by atoms with E-state index in [0.29, 0.717) is 0 Å². The lowest BCUT2D eigenvalue weighted by molar-refractivity contribution is -0.170. The molecule has 0 atom stereocenters. The molecule has 1 rings (SSSR count). The molecule has 1 saturated heterocycles. The molecule has 0 bridgehead atoms. The first kappa shape index (κ1) is 11.1. The monoisotopic (exact) mass is 187 g/mol. The molecular formula is C6H12ClF2NO. The van der Waals surface area contributed by atoms with Crippen LogP contribution in [0.25, 0.3) is 0 Å². The number of hydroxylamine groups is 2. The molecule has 5 heteroatoms. The minimum atomic E-state index is -2.35. The van der Waals surface area contributed by atoms with Gasteiger partial charge in [0.2, 0.25) is 0 Å². The Hall–Kier alpha value is 0.0700. The molecule has 0 aromatic rings. The van der Waals surface area contributed by atoms with Crippen molar-refractivity contribution in [3.8, 4) is 0 Å². The number of hydrogen-bond acceptors (Lipinski definition) is 2. The molecule has 0 aliphatic carbocycles. The van der Waals surface area contributed by atoms with Gasteiger partial charge in [-0.15, -0.1) is 12.4 Å². The standard InChI is InChI=1S/C6H11F2NO.ClH/c7-6(8)5-10-9-3-1-2-4-9;/h6H,1-5H2;1H. The predicted octanol–water partition coefficient (Wildman–Crippen LogP) is 1.70. The van der Waals surface area contributed by atoms with E-state index in [2.05, 4.69) is 0 Å². The van der Waals surface area contributed by atoms with Crippen molar-refractivity contribution < 1.29 is 13.6 Å². The van der Waals surface area contributed by atoms with Crippen molar-refractivity contribution >= 4 is 12.4 Å². The van der Waals surface area contributed by atoms with Crippen LogP contribution in [0, 0.1) is 0 Å². The molecular weight excluding hydrogens is 176 g/mol. The Morgan fingerprint density at radius 3 is 2.27 bits per heavy atom. The quantitative estimate of drug-likeness (QED) is 0.667. The van der Waals surface area contributed by atoms with Crippen LogP contribution in [0.4, 0.5) is 8.78 Å². The molecule has 0 aromatic heterocycles. The van der Waals surface area contributed by atoms with E-state index in [-0.39, 0.29) is 12.4 Å². The lowest BCUT2D eigenvalue weighted by Crippen LogP contribution is -2.22. The summed E-state index contributed by atoms with van der Waals surface area (Å²) in [7, 11) is 0. The molecule has 2 nitrogen and oxygen atoms in total. The van der Waals surface area contributed by atoms with Crippen molar-refractivity contribution in [2.75, 3.05) is 19.7 Å². The lowest BCUT2D eigenvalue weighted by atomic mass is 10.4. The second-order valence-corrected chi connectivity index (χ2v) is 2.32. The Labute approximate surface area is 70.9 Å². The van der Waals surface area contributed by atoms with Gasteiger partial charge in [-0.05, 0) is 12.8 Å². The maximum absolute atomic E-state index is 11.5. The Balaban J connectivity index is 0.000001000. The maximum atomic E-state index is 11.5. The van der Waals surface area contributed by atoms with Gasteiger partial charge < -0.3 is 0 Å². The van der Waals surface area contributed by atoms with Gasteiger partial charge in [0, 0.05) is 13.1 Å². The summed E-state index contributed by atoms with van der Waals surface area (Å²) < 4.78 is 23.1. The van der Waals surface area contributed by atoms with E-state index in [1.165, 1.54) is 0 Å². The highest BCUT2D eigenvalue weighted by Crippen LogP contribution is 2.08. The Bertz CT molecular complexity index is 98.6. The third-order valence-electron chi connectivity index (χ3n) is 1.45. The van der Waals surface area contributed by atoms with Gasteiger partial charge in [-0.3, -0.25) is 4.84 Å². The van der Waals surface area contributed by atoms with Gasteiger partial charge >= 0.3 is 0 Å². The zero-order valence-corrected chi connectivity index (χ0v) is 6.95. The van der Waals surface area contributed by atoms with Crippen LogP contribution in [0.2, 0.25) is 0 Å². The summed E-state index contributed by atoms with van der Waals surface area (Å²) in [6.07, 6.45) is -0.229. The first-order valence-corrected chi connectivity index (χ1v) is 3.45. The second kappa shape index (κ2) is 5.69. The summed E-state index contributed by atoms with van der Waals surface area (Å²) in [6.45, 7) is 1.14. The molecule has 0 aromatic carbocycles. The van der Waals surface area contributed by atoms with Gasteiger partial charge in [-0.2, -0.15) is 5.06 Å². The zero-order valence-electron chi connectivity index (χ0n) is 6.13. The average Bonchev–Trinajstić information content (AvgIpc) is 2.34. The summed E-state index contributed by atoms with van der Waals surface area (Å²) in [4.78, 5) is 4.75. The average molecular weight is 188 g/mol. The van der Waals surface area contributed by atoms with Crippen LogP contribution in [0.15, 0.2) is 0 Å². The van der Waals surface area contributed by atoms with Crippen LogP contribution in [0.1, 0.15) is 12.8 Å². The highest BCUT2D eigenvalue weighted by atomic mass is 35.5. The summed E-state index contributed by atoms with van der Waals surface area (Å²) in [5, 5.41) is 1.60. The Morgan fingerprint density at radius 1 is 1.27 bits per heavy atom. The van der Waals surface area contributed by atoms with Crippen LogP contribution in [-0.4, -0.2) is 31.2 Å². The molecule has 0 unspecified atom stereocenters. The number of alkyl halides is 2. The molecule has 0 saturated carbocycles. The van der Waals surface area contributed by atoms with E-state index >= 15 is 0 Å². The summed E-state index contributed by atoms with van der Waals surface area (Å²) in [5.41, 5.74) is 0. The van der Waals surface area contributed by atoms with Crippen molar-refractivity contribution in [1.29, 1.82) is 0 Å². The second-order valence-electron chi connectivity index (χ2n) is 2.32. The predicted molar refractivity (Wildman–Crippen MR) is 40.0 cm³/mol. The number of hydrogen-bond donors (Lipinski definition) is 0. The normalized spacial score (nSPS) is 18.8. The fraction of sp³-hybridized carbons (Fsp3) is 1.00. The highest BCUT2D eigenvalue weighted by molar-refractivity contribution is 5.85. The largest absolute Gasteiger partial charge is 0.293 e. The third-order valence-corrected chi connectivity index (χ3v) is 1.45. The first-order valence-electron chi connectivity index (χ1n) is 3.45. The number of nitrogens with zero attached hydrogens (tertiary/aromatic N) is 1. The molecule has 0 amide bonds. The molecule has 1 heterocycles. The third kappa shape index (κ3) is 4.50. The fourth-order valence-corrected chi connectivity index (χ4v) is 0.979. The highest BCUT2D eigenvalue weighted by Gasteiger charge is 2.13. The Morgan fingerprint density at radius 2 is 1.82 bits per heavy atom. The van der Waals surface area contributed by atoms with E-state index in [4.69, 9.17) is 4.84 Å². The van der Waals surface area contributed by atoms with Crippen LogP contribution in [0.5, 0.6) is 0 Å². The van der Waals surface area contributed by atoms with Gasteiger partial charge in [-0.1, -0.05) is 0 Å². The summed E-state index contributed by atoms with van der Waals surface area (Å²) in [6, 6.07) is 0. The molecule has 1 aliphatic rings. The van der Waals surface area contributed by atoms with Gasteiger partial charge in [0.15, 0.2) is 0 Å². The van der Waals surface area contributed by atoms with Crippen molar-refractivity contribution in [2.45, 2.75) is 19.3 Å². The lowest BCUT2D eigenvalue weighted by Gasteiger charge is -2.13. The minimum Gasteiger partial charge on any atom is -0.293 e. The van der Waals surface area contributed by atoms with Crippen molar-refractivity contribution in [2.24, 2.45) is 0 Å². The van der Waals surface area contributed by atoms with Crippen LogP contribution < -0.4 is 0 Å². The van der Waals surface area contributed by atoms with E-state index in [9.17, 15) is 8.78 Å². The smallest absolute Gasteiger partial charge is 0.263 e. The molecule has 0 N–H and O–H groups in total. The fourth-order valence-electron chi connectivity index (χ4n) is 0.979. The van der Waals surface area contributed by atoms with Crippen molar-refractivity contribution in [3.63, 3.8) is 0 Å². The zero-order chi connectivity index (χ0) is 7.40. The van der Waals surface area contributed by atoms with Gasteiger partial charge in [0.25, 0.3) is 6.43 Å². The molecule has 1 aliphatic heterocycles. The topological polar surface area (TPSA) is 12.5 Å². The van der Waals surface area contributed by atoms with Gasteiger partial charge in [0.1, 0.15) is 6.61 Å². The van der Waals surface area contributed by atoms with Gasteiger partial charge in [0.05, 0.1) is 0 Å². The van der Waals surface area contributed by atoms with Crippen molar-refractivity contribution in [3.05, 3.63) is 0 Å². The first-order chi connectivity index (χ1) is 4.79. The van der Waals surface area contributed by atoms with Crippen LogP contribution >= 0.6 is 12.4 Å². The number of rotatable bonds is 3. The summed E-state index contributed by atoms with van der Waals surface area (Å²) >= 11 is 0. The van der Waals surface area contributed by atoms with E-state index in [0.717, 1.165) is 25.9 Å². The molecule has 0 radical (unpaired) electrons. The van der Waals surface area contributed by atoms with E-state index < -0.39 is 13.0 Å². The SMILES string of the molecule is Cl.FC(F)CON1CCCC1. The minimum absolute atomic E-state index is 0. The van der Waals surface area contributed by atoms with E-state index in [1.54, 1.807) is 5.06 Å². The maximum Gasteiger partial charge on any atom is 0.263 e. The van der Waals surface area contributed by atoms with Crippen molar-refractivity contribution in [1.82, 2.24) is 5.06 Å².